The monoisotopic (exact) mass is 388 g/mol. The van der Waals surface area contributed by atoms with Crippen LogP contribution in [0.25, 0.3) is 10.8 Å². The van der Waals surface area contributed by atoms with E-state index >= 15 is 0 Å². The quantitative estimate of drug-likeness (QED) is 0.635. The molecule has 29 heavy (non-hydrogen) atoms. The van der Waals surface area contributed by atoms with Crippen LogP contribution in [0.2, 0.25) is 0 Å². The van der Waals surface area contributed by atoms with E-state index in [1.54, 1.807) is 18.9 Å². The van der Waals surface area contributed by atoms with Crippen molar-refractivity contribution in [3.05, 3.63) is 83.9 Å². The zero-order chi connectivity index (χ0) is 20.6. The highest BCUT2D eigenvalue weighted by Gasteiger charge is 2.24. The third kappa shape index (κ3) is 5.23. The van der Waals surface area contributed by atoms with Gasteiger partial charge in [-0.15, -0.1) is 0 Å². The van der Waals surface area contributed by atoms with E-state index in [-0.39, 0.29) is 11.8 Å². The highest BCUT2D eigenvalue weighted by Crippen LogP contribution is 2.20. The zero-order valence-corrected chi connectivity index (χ0v) is 17.1. The maximum absolute atomic E-state index is 13.1. The number of carbonyl (C=O) groups is 2. The molecule has 3 rings (SSSR count). The van der Waals surface area contributed by atoms with Gasteiger partial charge in [0.05, 0.1) is 0 Å². The van der Waals surface area contributed by atoms with E-state index < -0.39 is 6.04 Å². The van der Waals surface area contributed by atoms with Gasteiger partial charge in [-0.3, -0.25) is 9.59 Å². The fourth-order valence-corrected chi connectivity index (χ4v) is 3.67. The molecule has 0 fully saturated rings. The Labute approximate surface area is 172 Å². The Bertz CT molecular complexity index is 963. The number of benzene rings is 3. The minimum absolute atomic E-state index is 0.00460. The van der Waals surface area contributed by atoms with E-state index in [2.05, 4.69) is 29.6 Å². The molecule has 4 nitrogen and oxygen atoms in total. The van der Waals surface area contributed by atoms with Crippen LogP contribution in [0.4, 0.5) is 0 Å². The number of aryl methyl sites for hydroxylation is 1. The first kappa shape index (κ1) is 20.6. The summed E-state index contributed by atoms with van der Waals surface area (Å²) in [6, 6.07) is 24.0. The average Bonchev–Trinajstić information content (AvgIpc) is 2.77. The molecule has 0 radical (unpaired) electrons. The van der Waals surface area contributed by atoms with Crippen molar-refractivity contribution < 1.29 is 9.59 Å². The molecule has 0 saturated carbocycles. The molecule has 2 amide bonds. The summed E-state index contributed by atoms with van der Waals surface area (Å²) < 4.78 is 0. The van der Waals surface area contributed by atoms with Gasteiger partial charge in [0, 0.05) is 20.0 Å². The second-order valence-corrected chi connectivity index (χ2v) is 7.25. The number of fused-ring (bicyclic) bond motifs is 1. The molecule has 4 heteroatoms. The van der Waals surface area contributed by atoms with Crippen LogP contribution in [0.5, 0.6) is 0 Å². The van der Waals surface area contributed by atoms with E-state index in [1.165, 1.54) is 10.8 Å². The van der Waals surface area contributed by atoms with E-state index in [0.29, 0.717) is 19.4 Å². The fourth-order valence-electron chi connectivity index (χ4n) is 3.67. The molecule has 0 saturated heterocycles. The Balaban J connectivity index is 1.72. The minimum atomic E-state index is -0.497. The van der Waals surface area contributed by atoms with E-state index in [9.17, 15) is 9.59 Å². The largest absolute Gasteiger partial charge is 0.357 e. The van der Waals surface area contributed by atoms with Crippen molar-refractivity contribution in [2.45, 2.75) is 32.2 Å². The van der Waals surface area contributed by atoms with Gasteiger partial charge < -0.3 is 10.2 Å². The van der Waals surface area contributed by atoms with Gasteiger partial charge in [0.15, 0.2) is 0 Å². The van der Waals surface area contributed by atoms with Crippen molar-refractivity contribution in [3.8, 4) is 0 Å². The van der Waals surface area contributed by atoms with Gasteiger partial charge in [-0.25, -0.2) is 0 Å². The molecule has 0 heterocycles. The lowest BCUT2D eigenvalue weighted by atomic mass is 10.0. The molecule has 0 unspecified atom stereocenters. The summed E-state index contributed by atoms with van der Waals surface area (Å²) in [5, 5.41) is 5.02. The normalized spacial score (nSPS) is 11.8. The van der Waals surface area contributed by atoms with Crippen LogP contribution < -0.4 is 5.32 Å². The standard InChI is InChI=1S/C25H28N2O2/c1-19(25(29)26-2)27(18-17-20-9-4-3-5-10-20)24(28)16-15-22-13-8-12-21-11-6-7-14-23(21)22/h3-14,19H,15-18H2,1-2H3,(H,26,29)/t19-/m1/s1. The third-order valence-corrected chi connectivity index (χ3v) is 5.39. The smallest absolute Gasteiger partial charge is 0.242 e. The number of carbonyl (C=O) groups excluding carboxylic acids is 2. The Morgan fingerprint density at radius 1 is 0.897 bits per heavy atom. The molecule has 3 aromatic carbocycles. The van der Waals surface area contributed by atoms with Crippen LogP contribution >= 0.6 is 0 Å². The van der Waals surface area contributed by atoms with Crippen LogP contribution in [0.3, 0.4) is 0 Å². The summed E-state index contributed by atoms with van der Waals surface area (Å²) in [5.41, 5.74) is 2.32. The summed E-state index contributed by atoms with van der Waals surface area (Å²) in [4.78, 5) is 27.0. The predicted octanol–water partition coefficient (Wildman–Crippen LogP) is 3.98. The maximum atomic E-state index is 13.1. The van der Waals surface area contributed by atoms with Crippen molar-refractivity contribution >= 4 is 22.6 Å². The second kappa shape index (κ2) is 9.87. The van der Waals surface area contributed by atoms with Gasteiger partial charge in [-0.2, -0.15) is 0 Å². The highest BCUT2D eigenvalue weighted by atomic mass is 16.2. The molecular formula is C25H28N2O2. The van der Waals surface area contributed by atoms with Crippen LogP contribution in [-0.2, 0) is 22.4 Å². The fraction of sp³-hybridized carbons (Fsp3) is 0.280. The lowest BCUT2D eigenvalue weighted by molar-refractivity contribution is -0.139. The van der Waals surface area contributed by atoms with Gasteiger partial charge in [0.25, 0.3) is 0 Å². The molecule has 1 atom stereocenters. The maximum Gasteiger partial charge on any atom is 0.242 e. The zero-order valence-electron chi connectivity index (χ0n) is 17.1. The van der Waals surface area contributed by atoms with E-state index in [1.807, 2.05) is 48.5 Å². The van der Waals surface area contributed by atoms with Crippen LogP contribution in [0.1, 0.15) is 24.5 Å². The topological polar surface area (TPSA) is 49.4 Å². The molecule has 3 aromatic rings. The lowest BCUT2D eigenvalue weighted by Crippen LogP contribution is -2.48. The average molecular weight is 389 g/mol. The summed E-state index contributed by atoms with van der Waals surface area (Å²) in [5.74, 6) is -0.137. The van der Waals surface area contributed by atoms with Gasteiger partial charge in [-0.05, 0) is 41.7 Å². The number of nitrogens with zero attached hydrogens (tertiary/aromatic N) is 1. The second-order valence-electron chi connectivity index (χ2n) is 7.25. The molecule has 0 spiro atoms. The first-order chi connectivity index (χ1) is 14.1. The summed E-state index contributed by atoms with van der Waals surface area (Å²) in [6.45, 7) is 2.31. The van der Waals surface area contributed by atoms with Gasteiger partial charge in [-0.1, -0.05) is 72.8 Å². The minimum Gasteiger partial charge on any atom is -0.357 e. The predicted molar refractivity (Wildman–Crippen MR) is 118 cm³/mol. The molecule has 0 bridgehead atoms. The van der Waals surface area contributed by atoms with Crippen LogP contribution in [0, 0.1) is 0 Å². The van der Waals surface area contributed by atoms with Crippen LogP contribution in [0.15, 0.2) is 72.8 Å². The summed E-state index contributed by atoms with van der Waals surface area (Å²) in [6.07, 6.45) is 1.76. The Morgan fingerprint density at radius 3 is 2.34 bits per heavy atom. The van der Waals surface area contributed by atoms with E-state index in [0.717, 1.165) is 17.5 Å². The third-order valence-electron chi connectivity index (χ3n) is 5.39. The first-order valence-corrected chi connectivity index (χ1v) is 10.1. The van der Waals surface area contributed by atoms with Crippen LogP contribution in [-0.4, -0.2) is 36.3 Å². The number of hydrogen-bond acceptors (Lipinski definition) is 2. The summed E-state index contributed by atoms with van der Waals surface area (Å²) in [7, 11) is 1.61. The molecular weight excluding hydrogens is 360 g/mol. The number of hydrogen-bond donors (Lipinski definition) is 1. The Morgan fingerprint density at radius 2 is 1.59 bits per heavy atom. The molecule has 0 aliphatic rings. The number of nitrogens with one attached hydrogen (secondary N) is 1. The van der Waals surface area contributed by atoms with E-state index in [4.69, 9.17) is 0 Å². The summed E-state index contributed by atoms with van der Waals surface area (Å²) >= 11 is 0. The molecule has 0 aliphatic carbocycles. The SMILES string of the molecule is CNC(=O)[C@@H](C)N(CCc1ccccc1)C(=O)CCc1cccc2ccccc12. The van der Waals surface area contributed by atoms with Gasteiger partial charge in [0.1, 0.15) is 6.04 Å². The molecule has 150 valence electrons. The van der Waals surface area contributed by atoms with Crippen molar-refractivity contribution in [1.82, 2.24) is 10.2 Å². The number of likely N-dealkylation sites (N-methyl/N-ethyl adjacent to an activating group) is 1. The first-order valence-electron chi connectivity index (χ1n) is 10.1. The Kier molecular flexibility index (Phi) is 7.01. The van der Waals surface area contributed by atoms with Crippen molar-refractivity contribution in [2.75, 3.05) is 13.6 Å². The molecule has 0 aromatic heterocycles. The molecule has 0 aliphatic heterocycles. The highest BCUT2D eigenvalue weighted by molar-refractivity contribution is 5.88. The molecule has 1 N–H and O–H groups in total. The van der Waals surface area contributed by atoms with Crippen molar-refractivity contribution in [2.24, 2.45) is 0 Å². The number of rotatable bonds is 8. The van der Waals surface area contributed by atoms with Crippen molar-refractivity contribution in [3.63, 3.8) is 0 Å². The van der Waals surface area contributed by atoms with Gasteiger partial charge >= 0.3 is 0 Å². The Hall–Kier alpha value is -3.14. The van der Waals surface area contributed by atoms with Gasteiger partial charge in [0.2, 0.25) is 11.8 Å². The number of amides is 2. The van der Waals surface area contributed by atoms with Crippen molar-refractivity contribution in [1.29, 1.82) is 0 Å². The lowest BCUT2D eigenvalue weighted by Gasteiger charge is -2.28.